The lowest BCUT2D eigenvalue weighted by atomic mass is 9.96. The third-order valence-electron chi connectivity index (χ3n) is 4.37. The van der Waals surface area contributed by atoms with Crippen molar-refractivity contribution in [1.29, 1.82) is 0 Å². The number of hydrogen-bond acceptors (Lipinski definition) is 4. The highest BCUT2D eigenvalue weighted by atomic mass is 16.2. The van der Waals surface area contributed by atoms with Crippen LogP contribution in [0.3, 0.4) is 0 Å². The monoisotopic (exact) mass is 326 g/mol. The molecular weight excluding hydrogens is 304 g/mol. The van der Waals surface area contributed by atoms with Crippen molar-refractivity contribution in [3.05, 3.63) is 42.1 Å². The van der Waals surface area contributed by atoms with E-state index in [9.17, 15) is 9.59 Å². The van der Waals surface area contributed by atoms with Crippen LogP contribution in [-0.4, -0.2) is 47.9 Å². The van der Waals surface area contributed by atoms with E-state index in [2.05, 4.69) is 10.3 Å². The highest BCUT2D eigenvalue weighted by molar-refractivity contribution is 5.98. The predicted octanol–water partition coefficient (Wildman–Crippen LogP) is 1.16. The van der Waals surface area contributed by atoms with Crippen LogP contribution in [0.25, 0.3) is 10.9 Å². The van der Waals surface area contributed by atoms with E-state index in [1.165, 1.54) is 0 Å². The molecular formula is C18H22N4O2. The smallest absolute Gasteiger partial charge is 0.253 e. The molecule has 3 N–H and O–H groups in total. The molecule has 24 heavy (non-hydrogen) atoms. The van der Waals surface area contributed by atoms with Gasteiger partial charge in [-0.05, 0) is 37.1 Å². The molecule has 1 unspecified atom stereocenters. The second-order valence-corrected chi connectivity index (χ2v) is 6.08. The zero-order valence-electron chi connectivity index (χ0n) is 13.6. The first-order chi connectivity index (χ1) is 11.7. The number of nitrogens with zero attached hydrogens (tertiary/aromatic N) is 2. The van der Waals surface area contributed by atoms with Gasteiger partial charge in [0.25, 0.3) is 5.91 Å². The van der Waals surface area contributed by atoms with Gasteiger partial charge in [-0.3, -0.25) is 14.6 Å². The Balaban J connectivity index is 1.72. The fourth-order valence-corrected chi connectivity index (χ4v) is 3.11. The summed E-state index contributed by atoms with van der Waals surface area (Å²) < 4.78 is 0. The fraction of sp³-hybridized carbons (Fsp3) is 0.389. The average molecular weight is 326 g/mol. The normalized spacial score (nSPS) is 17.7. The molecule has 1 aromatic heterocycles. The van der Waals surface area contributed by atoms with Crippen LogP contribution in [0.1, 0.15) is 23.2 Å². The maximum absolute atomic E-state index is 12.8. The number of likely N-dealkylation sites (tertiary alicyclic amines) is 1. The Morgan fingerprint density at radius 3 is 3.04 bits per heavy atom. The standard InChI is InChI=1S/C18H22N4O2/c19-7-9-21-17(23)15-4-2-10-22(12-15)18(24)14-5-6-16-13(11-14)3-1-8-20-16/h1,3,5-6,8,11,15H,2,4,7,9-10,12,19H2,(H,21,23). The number of pyridine rings is 1. The van der Waals surface area contributed by atoms with Crippen molar-refractivity contribution >= 4 is 22.7 Å². The van der Waals surface area contributed by atoms with Gasteiger partial charge in [0.1, 0.15) is 0 Å². The van der Waals surface area contributed by atoms with E-state index < -0.39 is 0 Å². The molecule has 2 heterocycles. The molecule has 1 aromatic carbocycles. The first kappa shape index (κ1) is 16.4. The quantitative estimate of drug-likeness (QED) is 0.882. The molecule has 0 saturated carbocycles. The van der Waals surface area contributed by atoms with Crippen molar-refractivity contribution in [2.24, 2.45) is 11.7 Å². The van der Waals surface area contributed by atoms with Gasteiger partial charge in [-0.15, -0.1) is 0 Å². The van der Waals surface area contributed by atoms with E-state index in [0.29, 0.717) is 31.7 Å². The number of fused-ring (bicyclic) bond motifs is 1. The lowest BCUT2D eigenvalue weighted by Crippen LogP contribution is -2.46. The molecule has 0 aliphatic carbocycles. The van der Waals surface area contributed by atoms with Gasteiger partial charge in [0.05, 0.1) is 11.4 Å². The maximum Gasteiger partial charge on any atom is 0.253 e. The summed E-state index contributed by atoms with van der Waals surface area (Å²) in [5, 5.41) is 3.76. The second-order valence-electron chi connectivity index (χ2n) is 6.08. The van der Waals surface area contributed by atoms with E-state index in [-0.39, 0.29) is 17.7 Å². The lowest BCUT2D eigenvalue weighted by Gasteiger charge is -2.32. The van der Waals surface area contributed by atoms with Crippen LogP contribution in [0.5, 0.6) is 0 Å². The van der Waals surface area contributed by atoms with Crippen LogP contribution in [0.15, 0.2) is 36.5 Å². The lowest BCUT2D eigenvalue weighted by molar-refractivity contribution is -0.126. The van der Waals surface area contributed by atoms with E-state index in [1.54, 1.807) is 17.2 Å². The number of rotatable bonds is 4. The van der Waals surface area contributed by atoms with Gasteiger partial charge in [-0.25, -0.2) is 0 Å². The molecule has 0 bridgehead atoms. The Hall–Kier alpha value is -2.47. The summed E-state index contributed by atoms with van der Waals surface area (Å²) in [5.41, 5.74) is 6.92. The molecule has 1 fully saturated rings. The number of benzene rings is 1. The number of piperidine rings is 1. The zero-order valence-corrected chi connectivity index (χ0v) is 13.6. The maximum atomic E-state index is 12.8. The number of aromatic nitrogens is 1. The van der Waals surface area contributed by atoms with Crippen LogP contribution in [0.2, 0.25) is 0 Å². The molecule has 1 aliphatic rings. The van der Waals surface area contributed by atoms with Gasteiger partial charge in [0, 0.05) is 43.3 Å². The van der Waals surface area contributed by atoms with E-state index >= 15 is 0 Å². The van der Waals surface area contributed by atoms with Crippen molar-refractivity contribution in [1.82, 2.24) is 15.2 Å². The molecule has 3 rings (SSSR count). The van der Waals surface area contributed by atoms with Crippen LogP contribution in [-0.2, 0) is 4.79 Å². The van der Waals surface area contributed by atoms with Crippen LogP contribution in [0.4, 0.5) is 0 Å². The minimum absolute atomic E-state index is 0.0133. The number of carbonyl (C=O) groups is 2. The third kappa shape index (κ3) is 3.54. The van der Waals surface area contributed by atoms with Gasteiger partial charge >= 0.3 is 0 Å². The Morgan fingerprint density at radius 2 is 2.21 bits per heavy atom. The summed E-state index contributed by atoms with van der Waals surface area (Å²) in [5.74, 6) is -0.200. The average Bonchev–Trinajstić information content (AvgIpc) is 2.65. The molecule has 0 radical (unpaired) electrons. The van der Waals surface area contributed by atoms with Crippen LogP contribution >= 0.6 is 0 Å². The van der Waals surface area contributed by atoms with E-state index in [1.807, 2.05) is 24.3 Å². The second kappa shape index (κ2) is 7.40. The van der Waals surface area contributed by atoms with E-state index in [0.717, 1.165) is 23.7 Å². The van der Waals surface area contributed by atoms with Gasteiger partial charge < -0.3 is 16.0 Å². The third-order valence-corrected chi connectivity index (χ3v) is 4.37. The largest absolute Gasteiger partial charge is 0.355 e. The van der Waals surface area contributed by atoms with Crippen molar-refractivity contribution in [3.8, 4) is 0 Å². The molecule has 1 saturated heterocycles. The van der Waals surface area contributed by atoms with Crippen molar-refractivity contribution in [3.63, 3.8) is 0 Å². The molecule has 126 valence electrons. The first-order valence-corrected chi connectivity index (χ1v) is 8.31. The molecule has 1 aliphatic heterocycles. The Labute approximate surface area is 141 Å². The minimum atomic E-state index is -0.156. The summed E-state index contributed by atoms with van der Waals surface area (Å²) in [6.07, 6.45) is 3.38. The zero-order chi connectivity index (χ0) is 16.9. The number of carbonyl (C=O) groups excluding carboxylic acids is 2. The molecule has 0 spiro atoms. The summed E-state index contributed by atoms with van der Waals surface area (Å²) in [6.45, 7) is 2.04. The predicted molar refractivity (Wildman–Crippen MR) is 92.4 cm³/mol. The van der Waals surface area contributed by atoms with Crippen LogP contribution in [0, 0.1) is 5.92 Å². The van der Waals surface area contributed by atoms with Gasteiger partial charge in [0.2, 0.25) is 5.91 Å². The van der Waals surface area contributed by atoms with E-state index in [4.69, 9.17) is 5.73 Å². The fourth-order valence-electron chi connectivity index (χ4n) is 3.11. The number of nitrogens with one attached hydrogen (secondary N) is 1. The van der Waals surface area contributed by atoms with Crippen molar-refractivity contribution < 1.29 is 9.59 Å². The van der Waals surface area contributed by atoms with Crippen molar-refractivity contribution in [2.75, 3.05) is 26.2 Å². The van der Waals surface area contributed by atoms with Gasteiger partial charge in [-0.1, -0.05) is 6.07 Å². The number of nitrogens with two attached hydrogens (primary N) is 1. The summed E-state index contributed by atoms with van der Waals surface area (Å²) in [6, 6.07) is 9.32. The SMILES string of the molecule is NCCNC(=O)C1CCCN(C(=O)c2ccc3ncccc3c2)C1. The highest BCUT2D eigenvalue weighted by Crippen LogP contribution is 2.20. The Bertz CT molecular complexity index is 747. The molecule has 6 heteroatoms. The van der Waals surface area contributed by atoms with Crippen LogP contribution < -0.4 is 11.1 Å². The minimum Gasteiger partial charge on any atom is -0.355 e. The van der Waals surface area contributed by atoms with Crippen molar-refractivity contribution in [2.45, 2.75) is 12.8 Å². The summed E-state index contributed by atoms with van der Waals surface area (Å²) >= 11 is 0. The summed E-state index contributed by atoms with van der Waals surface area (Å²) in [7, 11) is 0. The summed E-state index contributed by atoms with van der Waals surface area (Å²) in [4.78, 5) is 30.9. The topological polar surface area (TPSA) is 88.3 Å². The number of hydrogen-bond donors (Lipinski definition) is 2. The van der Waals surface area contributed by atoms with Gasteiger partial charge in [-0.2, -0.15) is 0 Å². The number of amides is 2. The molecule has 2 amide bonds. The Morgan fingerprint density at radius 1 is 1.33 bits per heavy atom. The Kier molecular flexibility index (Phi) is 5.05. The molecule has 2 aromatic rings. The first-order valence-electron chi connectivity index (χ1n) is 8.31. The molecule has 6 nitrogen and oxygen atoms in total. The molecule has 1 atom stereocenters. The van der Waals surface area contributed by atoms with Gasteiger partial charge in [0.15, 0.2) is 0 Å². The highest BCUT2D eigenvalue weighted by Gasteiger charge is 2.28.